The maximum absolute atomic E-state index is 12.6. The summed E-state index contributed by atoms with van der Waals surface area (Å²) in [7, 11) is 2.68. The molecule has 0 bridgehead atoms. The molecule has 84 valence electrons. The quantitative estimate of drug-likeness (QED) is 0.754. The Kier molecular flexibility index (Phi) is 4.57. The van der Waals surface area contributed by atoms with E-state index < -0.39 is 11.7 Å². The number of hydrogen-bond acceptors (Lipinski definition) is 2. The molecule has 0 atom stereocenters. The lowest BCUT2D eigenvalue weighted by atomic mass is 10.1. The van der Waals surface area contributed by atoms with Crippen LogP contribution in [0, 0.1) is 0 Å². The van der Waals surface area contributed by atoms with E-state index in [0.29, 0.717) is 11.3 Å². The summed E-state index contributed by atoms with van der Waals surface area (Å²) in [4.78, 5) is 0. The highest BCUT2D eigenvalue weighted by molar-refractivity contribution is 14.2. The molecule has 0 spiro atoms. The first-order valence-electron chi connectivity index (χ1n) is 3.96. The summed E-state index contributed by atoms with van der Waals surface area (Å²) in [6.07, 6.45) is -4.36. The van der Waals surface area contributed by atoms with Crippen molar-refractivity contribution in [2.75, 3.05) is 7.11 Å². The molecular weight excluding hydrogens is 340 g/mol. The lowest BCUT2D eigenvalue weighted by Gasteiger charge is -2.12. The van der Waals surface area contributed by atoms with E-state index in [9.17, 15) is 13.2 Å². The van der Waals surface area contributed by atoms with Gasteiger partial charge in [0.25, 0.3) is 0 Å². The summed E-state index contributed by atoms with van der Waals surface area (Å²) in [6, 6.07) is 4.12. The molecule has 0 amide bonds. The fourth-order valence-corrected chi connectivity index (χ4v) is 2.51. The molecule has 0 fully saturated rings. The van der Waals surface area contributed by atoms with E-state index in [1.807, 2.05) is 21.2 Å². The molecule has 0 aliphatic rings. The van der Waals surface area contributed by atoms with E-state index in [1.165, 1.54) is 22.1 Å². The Hall–Kier alpha value is -0.110. The highest BCUT2D eigenvalue weighted by Gasteiger charge is 2.34. The van der Waals surface area contributed by atoms with Crippen molar-refractivity contribution in [3.63, 3.8) is 0 Å². The summed E-state index contributed by atoms with van der Waals surface area (Å²) in [6.45, 7) is 0. The van der Waals surface area contributed by atoms with Gasteiger partial charge in [-0.05, 0) is 38.9 Å². The van der Waals surface area contributed by atoms with Crippen molar-refractivity contribution in [1.82, 2.24) is 0 Å². The van der Waals surface area contributed by atoms with E-state index in [1.54, 1.807) is 6.07 Å². The first-order valence-corrected chi connectivity index (χ1v) is 7.49. The van der Waals surface area contributed by atoms with Crippen LogP contribution >= 0.6 is 30.1 Å². The predicted octanol–water partition coefficient (Wildman–Crippen LogP) is 4.30. The number of ether oxygens (including phenoxy) is 1. The number of rotatable bonds is 3. The summed E-state index contributed by atoms with van der Waals surface area (Å²) in [5, 5.41) is 0. The van der Waals surface area contributed by atoms with Crippen molar-refractivity contribution in [3.05, 3.63) is 29.3 Å². The van der Waals surface area contributed by atoms with Crippen molar-refractivity contribution in [2.45, 2.75) is 11.9 Å². The SMILES string of the molecule is COc1ccc(CSI)cc1C(F)(F)F. The molecule has 0 saturated heterocycles. The van der Waals surface area contributed by atoms with Gasteiger partial charge >= 0.3 is 6.18 Å². The molecule has 0 saturated carbocycles. The first kappa shape index (κ1) is 13.0. The first-order chi connectivity index (χ1) is 6.99. The number of methoxy groups -OCH3 is 1. The van der Waals surface area contributed by atoms with Crippen LogP contribution in [0.2, 0.25) is 0 Å². The van der Waals surface area contributed by atoms with Crippen LogP contribution in [0.4, 0.5) is 13.2 Å². The molecule has 1 rings (SSSR count). The second-order valence-corrected chi connectivity index (χ2v) is 5.16. The van der Waals surface area contributed by atoms with Crippen LogP contribution in [-0.4, -0.2) is 7.11 Å². The zero-order valence-corrected chi connectivity index (χ0v) is 10.7. The van der Waals surface area contributed by atoms with E-state index in [4.69, 9.17) is 0 Å². The number of halogens is 4. The van der Waals surface area contributed by atoms with E-state index >= 15 is 0 Å². The van der Waals surface area contributed by atoms with Gasteiger partial charge in [-0.3, -0.25) is 0 Å². The third-order valence-electron chi connectivity index (χ3n) is 1.79. The predicted molar refractivity (Wildman–Crippen MR) is 63.3 cm³/mol. The molecule has 0 aliphatic heterocycles. The largest absolute Gasteiger partial charge is 0.496 e. The Balaban J connectivity index is 3.13. The molecule has 0 unspecified atom stereocenters. The fourth-order valence-electron chi connectivity index (χ4n) is 1.13. The van der Waals surface area contributed by atoms with Crippen molar-refractivity contribution in [1.29, 1.82) is 0 Å². The topological polar surface area (TPSA) is 9.23 Å². The maximum Gasteiger partial charge on any atom is 0.419 e. The minimum atomic E-state index is -4.36. The smallest absolute Gasteiger partial charge is 0.419 e. The van der Waals surface area contributed by atoms with Gasteiger partial charge in [0.15, 0.2) is 0 Å². The molecule has 0 aliphatic carbocycles. The van der Waals surface area contributed by atoms with Crippen LogP contribution in [0.1, 0.15) is 11.1 Å². The van der Waals surface area contributed by atoms with Crippen molar-refractivity contribution < 1.29 is 17.9 Å². The average molecular weight is 348 g/mol. The van der Waals surface area contributed by atoms with Gasteiger partial charge in [0.05, 0.1) is 12.7 Å². The molecule has 15 heavy (non-hydrogen) atoms. The molecule has 0 radical (unpaired) electrons. The van der Waals surface area contributed by atoms with Gasteiger partial charge in [-0.15, -0.1) is 0 Å². The van der Waals surface area contributed by atoms with E-state index in [-0.39, 0.29) is 5.75 Å². The lowest BCUT2D eigenvalue weighted by molar-refractivity contribution is -0.138. The average Bonchev–Trinajstić information content (AvgIpc) is 2.17. The van der Waals surface area contributed by atoms with Crippen LogP contribution in [0.15, 0.2) is 18.2 Å². The third-order valence-corrected chi connectivity index (χ3v) is 3.17. The van der Waals surface area contributed by atoms with Crippen LogP contribution in [0.25, 0.3) is 0 Å². The Labute approximate surface area is 102 Å². The van der Waals surface area contributed by atoms with Gasteiger partial charge in [-0.25, -0.2) is 0 Å². The summed E-state index contributed by atoms with van der Waals surface area (Å²) in [5.41, 5.74) is -0.0736. The van der Waals surface area contributed by atoms with E-state index in [2.05, 4.69) is 4.74 Å². The molecule has 6 heteroatoms. The van der Waals surface area contributed by atoms with Crippen LogP contribution in [0.3, 0.4) is 0 Å². The monoisotopic (exact) mass is 348 g/mol. The van der Waals surface area contributed by atoms with Crippen LogP contribution in [-0.2, 0) is 11.9 Å². The maximum atomic E-state index is 12.6. The summed E-state index contributed by atoms with van der Waals surface area (Å²) in [5.74, 6) is 0.415. The van der Waals surface area contributed by atoms with Crippen LogP contribution in [0.5, 0.6) is 5.75 Å². The second kappa shape index (κ2) is 5.29. The molecular formula is C9H8F3IOS. The Morgan fingerprint density at radius 1 is 1.40 bits per heavy atom. The van der Waals surface area contributed by atoms with E-state index in [0.717, 1.165) is 6.07 Å². The number of alkyl halides is 3. The highest BCUT2D eigenvalue weighted by Crippen LogP contribution is 2.37. The number of hydrogen-bond donors (Lipinski definition) is 0. The van der Waals surface area contributed by atoms with Crippen molar-refractivity contribution in [3.8, 4) is 5.75 Å². The molecule has 1 aromatic carbocycles. The molecule has 1 aromatic rings. The standard InChI is InChI=1S/C9H8F3IOS/c1-14-8-3-2-6(5-15-13)4-7(8)9(10,11)12/h2-4H,5H2,1H3. The Morgan fingerprint density at radius 2 is 2.07 bits per heavy atom. The third kappa shape index (κ3) is 3.44. The normalized spacial score (nSPS) is 11.5. The molecule has 1 nitrogen and oxygen atoms in total. The van der Waals surface area contributed by atoms with Crippen LogP contribution < -0.4 is 4.74 Å². The van der Waals surface area contributed by atoms with Gasteiger partial charge in [-0.1, -0.05) is 15.0 Å². The zero-order chi connectivity index (χ0) is 11.5. The van der Waals surface area contributed by atoms with Gasteiger partial charge in [0.2, 0.25) is 0 Å². The van der Waals surface area contributed by atoms with Crippen molar-refractivity contribution in [2.24, 2.45) is 0 Å². The summed E-state index contributed by atoms with van der Waals surface area (Å²) >= 11 is 2.05. The fraction of sp³-hybridized carbons (Fsp3) is 0.333. The van der Waals surface area contributed by atoms with Gasteiger partial charge in [0, 0.05) is 5.75 Å². The molecule has 0 aromatic heterocycles. The van der Waals surface area contributed by atoms with Gasteiger partial charge < -0.3 is 4.74 Å². The minimum Gasteiger partial charge on any atom is -0.496 e. The number of benzene rings is 1. The second-order valence-electron chi connectivity index (χ2n) is 2.79. The minimum absolute atomic E-state index is 0.135. The lowest BCUT2D eigenvalue weighted by Crippen LogP contribution is -2.08. The Morgan fingerprint density at radius 3 is 2.53 bits per heavy atom. The highest BCUT2D eigenvalue weighted by atomic mass is 127. The molecule has 0 N–H and O–H groups in total. The summed E-state index contributed by atoms with van der Waals surface area (Å²) < 4.78 is 42.4. The molecule has 0 heterocycles. The van der Waals surface area contributed by atoms with Gasteiger partial charge in [-0.2, -0.15) is 13.2 Å². The van der Waals surface area contributed by atoms with Gasteiger partial charge in [0.1, 0.15) is 5.75 Å². The zero-order valence-electron chi connectivity index (χ0n) is 7.77. The Bertz CT molecular complexity index is 341. The van der Waals surface area contributed by atoms with Crippen molar-refractivity contribution >= 4 is 30.1 Å².